The van der Waals surface area contributed by atoms with Crippen molar-refractivity contribution in [1.82, 2.24) is 15.5 Å². The minimum atomic E-state index is -0.875. The molecule has 7 heteroatoms. The Hall–Kier alpha value is -1.89. The summed E-state index contributed by atoms with van der Waals surface area (Å²) >= 11 is 1.35. The van der Waals surface area contributed by atoms with E-state index in [2.05, 4.69) is 10.6 Å². The fraction of sp³-hybridized carbons (Fsp3) is 0.500. The summed E-state index contributed by atoms with van der Waals surface area (Å²) in [4.78, 5) is 38.9. The molecule has 21 heavy (non-hydrogen) atoms. The summed E-state index contributed by atoms with van der Waals surface area (Å²) in [6, 6.07) is 2.61. The van der Waals surface area contributed by atoms with E-state index in [0.29, 0.717) is 17.8 Å². The van der Waals surface area contributed by atoms with Crippen molar-refractivity contribution in [2.75, 3.05) is 6.54 Å². The molecule has 2 aliphatic heterocycles. The lowest BCUT2D eigenvalue weighted by Crippen LogP contribution is -2.69. The molecular formula is C14H17N3O3S. The summed E-state index contributed by atoms with van der Waals surface area (Å²) in [5.41, 5.74) is -0.875. The molecule has 6 nitrogen and oxygen atoms in total. The van der Waals surface area contributed by atoms with Gasteiger partial charge in [-0.3, -0.25) is 14.4 Å². The molecule has 0 radical (unpaired) electrons. The number of carbonyl (C=O) groups excluding carboxylic acids is 3. The highest BCUT2D eigenvalue weighted by atomic mass is 32.1. The largest absolute Gasteiger partial charge is 0.346 e. The average Bonchev–Trinajstić information content (AvgIpc) is 3.05. The van der Waals surface area contributed by atoms with E-state index < -0.39 is 11.6 Å². The SMILES string of the molecule is CC1(C)NC(=O)C2C(NC(=O)c3cccs3)CCN2C1=O. The quantitative estimate of drug-likeness (QED) is 0.828. The van der Waals surface area contributed by atoms with E-state index in [1.807, 2.05) is 5.38 Å². The highest BCUT2D eigenvalue weighted by molar-refractivity contribution is 7.12. The highest BCUT2D eigenvalue weighted by Gasteiger charge is 2.51. The predicted molar refractivity (Wildman–Crippen MR) is 77.9 cm³/mol. The molecule has 1 aromatic heterocycles. The first-order valence-electron chi connectivity index (χ1n) is 6.87. The Labute approximate surface area is 126 Å². The highest BCUT2D eigenvalue weighted by Crippen LogP contribution is 2.27. The third kappa shape index (κ3) is 2.31. The molecule has 2 N–H and O–H groups in total. The smallest absolute Gasteiger partial charge is 0.261 e. The minimum Gasteiger partial charge on any atom is -0.346 e. The topological polar surface area (TPSA) is 78.5 Å². The van der Waals surface area contributed by atoms with Gasteiger partial charge in [0.2, 0.25) is 11.8 Å². The summed E-state index contributed by atoms with van der Waals surface area (Å²) in [6.07, 6.45) is 0.594. The number of hydrogen-bond acceptors (Lipinski definition) is 4. The van der Waals surface area contributed by atoms with Gasteiger partial charge in [-0.1, -0.05) is 6.07 Å². The van der Waals surface area contributed by atoms with Gasteiger partial charge in [0.1, 0.15) is 11.6 Å². The van der Waals surface area contributed by atoms with Gasteiger partial charge in [-0.25, -0.2) is 0 Å². The van der Waals surface area contributed by atoms with Crippen LogP contribution in [0.2, 0.25) is 0 Å². The molecule has 0 aromatic carbocycles. The predicted octanol–water partition coefficient (Wildman–Crippen LogP) is 0.356. The maximum atomic E-state index is 12.3. The molecule has 2 unspecified atom stereocenters. The fourth-order valence-electron chi connectivity index (χ4n) is 2.94. The van der Waals surface area contributed by atoms with Crippen molar-refractivity contribution in [2.45, 2.75) is 37.9 Å². The van der Waals surface area contributed by atoms with Gasteiger partial charge in [0.05, 0.1) is 10.9 Å². The second kappa shape index (κ2) is 4.84. The molecule has 2 saturated heterocycles. The Morgan fingerprint density at radius 3 is 2.90 bits per heavy atom. The summed E-state index contributed by atoms with van der Waals surface area (Å²) in [5, 5.41) is 7.44. The third-order valence-electron chi connectivity index (χ3n) is 3.96. The van der Waals surface area contributed by atoms with Crippen LogP contribution < -0.4 is 10.6 Å². The van der Waals surface area contributed by atoms with E-state index in [9.17, 15) is 14.4 Å². The van der Waals surface area contributed by atoms with Crippen LogP contribution in [0.5, 0.6) is 0 Å². The van der Waals surface area contributed by atoms with Crippen molar-refractivity contribution >= 4 is 29.1 Å². The van der Waals surface area contributed by atoms with Crippen LogP contribution in [-0.4, -0.2) is 46.8 Å². The van der Waals surface area contributed by atoms with Crippen LogP contribution in [-0.2, 0) is 9.59 Å². The second-order valence-corrected chi connectivity index (χ2v) is 6.85. The molecule has 0 saturated carbocycles. The van der Waals surface area contributed by atoms with Crippen LogP contribution in [0.25, 0.3) is 0 Å². The van der Waals surface area contributed by atoms with Gasteiger partial charge in [0.25, 0.3) is 5.91 Å². The molecule has 2 aliphatic rings. The molecule has 2 atom stereocenters. The standard InChI is InChI=1S/C14H17N3O3S/c1-14(2)13(20)17-6-5-8(10(17)12(19)16-14)15-11(18)9-4-3-7-21-9/h3-4,7-8,10H,5-6H2,1-2H3,(H,15,18)(H,16,19). The van der Waals surface area contributed by atoms with Crippen molar-refractivity contribution in [3.05, 3.63) is 22.4 Å². The Bertz CT molecular complexity index is 597. The lowest BCUT2D eigenvalue weighted by molar-refractivity contribution is -0.151. The molecule has 0 bridgehead atoms. The van der Waals surface area contributed by atoms with Crippen LogP contribution in [0.4, 0.5) is 0 Å². The van der Waals surface area contributed by atoms with Crippen LogP contribution >= 0.6 is 11.3 Å². The van der Waals surface area contributed by atoms with Crippen molar-refractivity contribution < 1.29 is 14.4 Å². The number of piperazine rings is 1. The molecule has 112 valence electrons. The first-order chi connectivity index (χ1) is 9.90. The van der Waals surface area contributed by atoms with E-state index in [1.54, 1.807) is 30.9 Å². The van der Waals surface area contributed by atoms with Gasteiger partial charge in [-0.2, -0.15) is 0 Å². The first kappa shape index (κ1) is 14.1. The number of fused-ring (bicyclic) bond motifs is 1. The molecule has 0 aliphatic carbocycles. The number of carbonyl (C=O) groups is 3. The summed E-state index contributed by atoms with van der Waals surface area (Å²) in [6.45, 7) is 3.89. The van der Waals surface area contributed by atoms with E-state index in [4.69, 9.17) is 0 Å². The van der Waals surface area contributed by atoms with Crippen molar-refractivity contribution in [3.63, 3.8) is 0 Å². The van der Waals surface area contributed by atoms with Crippen LogP contribution in [0.1, 0.15) is 29.9 Å². The number of hydrogen-bond donors (Lipinski definition) is 2. The Morgan fingerprint density at radius 2 is 2.24 bits per heavy atom. The average molecular weight is 307 g/mol. The molecule has 3 amide bonds. The first-order valence-corrected chi connectivity index (χ1v) is 7.75. The van der Waals surface area contributed by atoms with Crippen molar-refractivity contribution in [2.24, 2.45) is 0 Å². The number of rotatable bonds is 2. The third-order valence-corrected chi connectivity index (χ3v) is 4.83. The lowest BCUT2D eigenvalue weighted by atomic mass is 9.96. The lowest BCUT2D eigenvalue weighted by Gasteiger charge is -2.40. The molecule has 0 spiro atoms. The second-order valence-electron chi connectivity index (χ2n) is 5.90. The van der Waals surface area contributed by atoms with Gasteiger partial charge in [-0.05, 0) is 31.7 Å². The summed E-state index contributed by atoms with van der Waals surface area (Å²) in [5.74, 6) is -0.490. The number of nitrogens with zero attached hydrogens (tertiary/aromatic N) is 1. The number of nitrogens with one attached hydrogen (secondary N) is 2. The molecule has 3 heterocycles. The fourth-order valence-corrected chi connectivity index (χ4v) is 3.56. The van der Waals surface area contributed by atoms with Crippen LogP contribution in [0.3, 0.4) is 0 Å². The van der Waals surface area contributed by atoms with Gasteiger partial charge in [-0.15, -0.1) is 11.3 Å². The molecule has 3 rings (SSSR count). The van der Waals surface area contributed by atoms with Gasteiger partial charge in [0.15, 0.2) is 0 Å². The zero-order chi connectivity index (χ0) is 15.2. The Balaban J connectivity index is 1.77. The molecular weight excluding hydrogens is 290 g/mol. The van der Waals surface area contributed by atoms with Crippen LogP contribution in [0, 0.1) is 0 Å². The van der Waals surface area contributed by atoms with E-state index >= 15 is 0 Å². The molecule has 1 aromatic rings. The normalized spacial score (nSPS) is 27.2. The van der Waals surface area contributed by atoms with Crippen molar-refractivity contribution in [3.8, 4) is 0 Å². The van der Waals surface area contributed by atoms with E-state index in [0.717, 1.165) is 0 Å². The van der Waals surface area contributed by atoms with Crippen LogP contribution in [0.15, 0.2) is 17.5 Å². The monoisotopic (exact) mass is 307 g/mol. The molecule has 2 fully saturated rings. The zero-order valence-corrected chi connectivity index (χ0v) is 12.7. The van der Waals surface area contributed by atoms with E-state index in [1.165, 1.54) is 11.3 Å². The van der Waals surface area contributed by atoms with Gasteiger partial charge in [0, 0.05) is 6.54 Å². The maximum absolute atomic E-state index is 12.3. The maximum Gasteiger partial charge on any atom is 0.261 e. The van der Waals surface area contributed by atoms with E-state index in [-0.39, 0.29) is 23.8 Å². The summed E-state index contributed by atoms with van der Waals surface area (Å²) < 4.78 is 0. The number of thiophene rings is 1. The van der Waals surface area contributed by atoms with Gasteiger partial charge >= 0.3 is 0 Å². The zero-order valence-electron chi connectivity index (χ0n) is 11.9. The van der Waals surface area contributed by atoms with Gasteiger partial charge < -0.3 is 15.5 Å². The number of amides is 3. The van der Waals surface area contributed by atoms with Crippen molar-refractivity contribution in [1.29, 1.82) is 0 Å². The Morgan fingerprint density at radius 1 is 1.48 bits per heavy atom. The summed E-state index contributed by atoms with van der Waals surface area (Å²) in [7, 11) is 0. The Kier molecular flexibility index (Phi) is 3.24. The minimum absolute atomic E-state index is 0.0972.